The first-order valence-corrected chi connectivity index (χ1v) is 7.23. The average Bonchev–Trinajstić information content (AvgIpc) is 3.16. The fourth-order valence-electron chi connectivity index (χ4n) is 2.36. The SMILES string of the molecule is Cl.O=C(NCC1CNCC1O)c1ccc(-n2cnnn2)cc1Cl. The molecule has 1 fully saturated rings. The van der Waals surface area contributed by atoms with E-state index in [1.54, 1.807) is 18.2 Å². The van der Waals surface area contributed by atoms with Crippen LogP contribution in [0.15, 0.2) is 24.5 Å². The molecule has 1 aromatic carbocycles. The number of rotatable bonds is 4. The number of hydrogen-bond donors (Lipinski definition) is 3. The van der Waals surface area contributed by atoms with E-state index in [0.717, 1.165) is 0 Å². The molecular weight excluding hydrogens is 343 g/mol. The van der Waals surface area contributed by atoms with Crippen LogP contribution in [0.3, 0.4) is 0 Å². The van der Waals surface area contributed by atoms with Crippen molar-refractivity contribution in [1.29, 1.82) is 0 Å². The molecule has 1 aliphatic rings. The molecule has 0 spiro atoms. The van der Waals surface area contributed by atoms with Crippen LogP contribution < -0.4 is 10.6 Å². The van der Waals surface area contributed by atoms with Gasteiger partial charge in [-0.25, -0.2) is 4.68 Å². The second-order valence-electron chi connectivity index (χ2n) is 5.11. The molecule has 1 saturated heterocycles. The van der Waals surface area contributed by atoms with Crippen molar-refractivity contribution < 1.29 is 9.90 Å². The first-order valence-electron chi connectivity index (χ1n) is 6.85. The maximum atomic E-state index is 12.2. The molecule has 2 aromatic rings. The number of carbonyl (C=O) groups is 1. The first kappa shape index (κ1) is 17.6. The van der Waals surface area contributed by atoms with Gasteiger partial charge in [0.25, 0.3) is 5.91 Å². The minimum Gasteiger partial charge on any atom is -0.391 e. The summed E-state index contributed by atoms with van der Waals surface area (Å²) in [6.07, 6.45) is 1.01. The van der Waals surface area contributed by atoms with Crippen molar-refractivity contribution in [3.05, 3.63) is 35.1 Å². The second-order valence-corrected chi connectivity index (χ2v) is 5.52. The summed E-state index contributed by atoms with van der Waals surface area (Å²) in [5.74, 6) is -0.254. The molecule has 0 radical (unpaired) electrons. The second kappa shape index (κ2) is 7.69. The summed E-state index contributed by atoms with van der Waals surface area (Å²) < 4.78 is 1.45. The van der Waals surface area contributed by atoms with Crippen LogP contribution in [0.2, 0.25) is 5.02 Å². The predicted octanol–water partition coefficient (Wildman–Crippen LogP) is 0.0476. The van der Waals surface area contributed by atoms with Crippen LogP contribution in [0.4, 0.5) is 0 Å². The van der Waals surface area contributed by atoms with Crippen molar-refractivity contribution in [2.45, 2.75) is 6.10 Å². The predicted molar refractivity (Wildman–Crippen MR) is 86.1 cm³/mol. The zero-order valence-electron chi connectivity index (χ0n) is 12.0. The molecule has 2 atom stereocenters. The number of benzene rings is 1. The number of nitrogens with zero attached hydrogens (tertiary/aromatic N) is 4. The molecule has 124 valence electrons. The Bertz CT molecular complexity index is 666. The van der Waals surface area contributed by atoms with Gasteiger partial charge in [0.2, 0.25) is 0 Å². The molecule has 8 nitrogen and oxygen atoms in total. The number of aromatic nitrogens is 4. The highest BCUT2D eigenvalue weighted by Crippen LogP contribution is 2.20. The van der Waals surface area contributed by atoms with Gasteiger partial charge in [-0.3, -0.25) is 4.79 Å². The number of hydrogen-bond acceptors (Lipinski definition) is 6. The molecular formula is C13H16Cl2N6O2. The molecule has 0 bridgehead atoms. The molecule has 1 amide bonds. The lowest BCUT2D eigenvalue weighted by atomic mass is 10.1. The highest BCUT2D eigenvalue weighted by Gasteiger charge is 2.25. The third-order valence-electron chi connectivity index (χ3n) is 3.64. The van der Waals surface area contributed by atoms with Crippen LogP contribution in [-0.4, -0.2) is 57.0 Å². The van der Waals surface area contributed by atoms with Crippen molar-refractivity contribution in [3.63, 3.8) is 0 Å². The van der Waals surface area contributed by atoms with E-state index >= 15 is 0 Å². The Balaban J connectivity index is 0.00000192. The van der Waals surface area contributed by atoms with Crippen LogP contribution in [0.1, 0.15) is 10.4 Å². The summed E-state index contributed by atoms with van der Waals surface area (Å²) in [6, 6.07) is 4.96. The summed E-state index contributed by atoms with van der Waals surface area (Å²) in [7, 11) is 0. The molecule has 3 N–H and O–H groups in total. The normalized spacial score (nSPS) is 20.1. The number of aliphatic hydroxyl groups excluding tert-OH is 1. The summed E-state index contributed by atoms with van der Waals surface area (Å²) in [6.45, 7) is 1.65. The van der Waals surface area contributed by atoms with Gasteiger partial charge in [0, 0.05) is 25.6 Å². The van der Waals surface area contributed by atoms with Gasteiger partial charge < -0.3 is 15.7 Å². The van der Waals surface area contributed by atoms with Gasteiger partial charge in [0.15, 0.2) is 0 Å². The highest BCUT2D eigenvalue weighted by atomic mass is 35.5. The molecule has 1 aromatic heterocycles. The number of amides is 1. The lowest BCUT2D eigenvalue weighted by Crippen LogP contribution is -2.34. The Morgan fingerprint density at radius 3 is 2.91 bits per heavy atom. The third kappa shape index (κ3) is 3.97. The Morgan fingerprint density at radius 1 is 1.48 bits per heavy atom. The third-order valence-corrected chi connectivity index (χ3v) is 3.95. The zero-order valence-corrected chi connectivity index (χ0v) is 13.6. The van der Waals surface area contributed by atoms with E-state index in [1.165, 1.54) is 11.0 Å². The van der Waals surface area contributed by atoms with E-state index in [4.69, 9.17) is 11.6 Å². The molecule has 3 rings (SSSR count). The Labute approximate surface area is 143 Å². The number of tetrazole rings is 1. The fourth-order valence-corrected chi connectivity index (χ4v) is 2.62. The van der Waals surface area contributed by atoms with Gasteiger partial charge in [-0.2, -0.15) is 0 Å². The van der Waals surface area contributed by atoms with E-state index in [2.05, 4.69) is 26.2 Å². The van der Waals surface area contributed by atoms with Crippen LogP contribution in [0.5, 0.6) is 0 Å². The van der Waals surface area contributed by atoms with E-state index in [0.29, 0.717) is 35.9 Å². The molecule has 0 aliphatic carbocycles. The number of aliphatic hydroxyl groups is 1. The Morgan fingerprint density at radius 2 is 2.30 bits per heavy atom. The van der Waals surface area contributed by atoms with Gasteiger partial charge in [-0.1, -0.05) is 11.6 Å². The topological polar surface area (TPSA) is 105 Å². The van der Waals surface area contributed by atoms with Crippen molar-refractivity contribution in [3.8, 4) is 5.69 Å². The summed E-state index contributed by atoms with van der Waals surface area (Å²) in [5.41, 5.74) is 1.04. The largest absolute Gasteiger partial charge is 0.391 e. The summed E-state index contributed by atoms with van der Waals surface area (Å²) in [5, 5.41) is 26.7. The smallest absolute Gasteiger partial charge is 0.252 e. The summed E-state index contributed by atoms with van der Waals surface area (Å²) >= 11 is 6.16. The Hall–Kier alpha value is -1.74. The van der Waals surface area contributed by atoms with E-state index in [1.807, 2.05) is 0 Å². The van der Waals surface area contributed by atoms with E-state index < -0.39 is 6.10 Å². The minimum atomic E-state index is -0.432. The van der Waals surface area contributed by atoms with E-state index in [9.17, 15) is 9.90 Å². The molecule has 10 heteroatoms. The van der Waals surface area contributed by atoms with Crippen molar-refractivity contribution in [2.75, 3.05) is 19.6 Å². The van der Waals surface area contributed by atoms with Gasteiger partial charge in [-0.05, 0) is 28.6 Å². The lowest BCUT2D eigenvalue weighted by molar-refractivity contribution is 0.0927. The fraction of sp³-hybridized carbons (Fsp3) is 0.385. The zero-order chi connectivity index (χ0) is 15.5. The Kier molecular flexibility index (Phi) is 5.89. The van der Waals surface area contributed by atoms with E-state index in [-0.39, 0.29) is 24.2 Å². The summed E-state index contributed by atoms with van der Waals surface area (Å²) in [4.78, 5) is 12.2. The highest BCUT2D eigenvalue weighted by molar-refractivity contribution is 6.34. The lowest BCUT2D eigenvalue weighted by Gasteiger charge is -2.14. The van der Waals surface area contributed by atoms with Crippen LogP contribution in [0, 0.1) is 5.92 Å². The van der Waals surface area contributed by atoms with Crippen LogP contribution in [-0.2, 0) is 0 Å². The number of β-amino-alcohol motifs (C(OH)–C–C–N with tert-alkyl or cyclic N) is 1. The molecule has 2 heterocycles. The van der Waals surface area contributed by atoms with Gasteiger partial charge in [0.1, 0.15) is 6.33 Å². The number of nitrogens with one attached hydrogen (secondary N) is 2. The van der Waals surface area contributed by atoms with Crippen molar-refractivity contribution >= 4 is 29.9 Å². The van der Waals surface area contributed by atoms with Gasteiger partial charge >= 0.3 is 0 Å². The number of halogens is 2. The maximum Gasteiger partial charge on any atom is 0.252 e. The minimum absolute atomic E-state index is 0. The molecule has 1 aliphatic heterocycles. The molecule has 0 saturated carbocycles. The van der Waals surface area contributed by atoms with Crippen LogP contribution >= 0.6 is 24.0 Å². The monoisotopic (exact) mass is 358 g/mol. The average molecular weight is 359 g/mol. The van der Waals surface area contributed by atoms with Crippen LogP contribution in [0.25, 0.3) is 5.69 Å². The van der Waals surface area contributed by atoms with Gasteiger partial charge in [0.05, 0.1) is 22.4 Å². The van der Waals surface area contributed by atoms with Crippen molar-refractivity contribution in [1.82, 2.24) is 30.8 Å². The standard InChI is InChI=1S/C13H15ClN6O2.ClH/c14-11-3-9(20-7-17-18-19-20)1-2-10(11)13(22)16-5-8-4-15-6-12(8)21;/h1-3,7-8,12,15,21H,4-6H2,(H,16,22);1H. The first-order chi connectivity index (χ1) is 10.6. The molecule has 23 heavy (non-hydrogen) atoms. The maximum absolute atomic E-state index is 12.2. The quantitative estimate of drug-likeness (QED) is 0.713. The molecule has 2 unspecified atom stereocenters. The van der Waals surface area contributed by atoms with Crippen molar-refractivity contribution in [2.24, 2.45) is 5.92 Å². The van der Waals surface area contributed by atoms with Gasteiger partial charge in [-0.15, -0.1) is 17.5 Å². The number of carbonyl (C=O) groups excluding carboxylic acids is 1.